The van der Waals surface area contributed by atoms with Crippen LogP contribution in [0.1, 0.15) is 46.5 Å². The summed E-state index contributed by atoms with van der Waals surface area (Å²) in [6.07, 6.45) is 1.09. The molecule has 0 aliphatic heterocycles. The lowest BCUT2D eigenvalue weighted by Gasteiger charge is -2.13. The van der Waals surface area contributed by atoms with E-state index in [4.69, 9.17) is 10.5 Å². The van der Waals surface area contributed by atoms with E-state index in [9.17, 15) is 4.79 Å². The van der Waals surface area contributed by atoms with Crippen LogP contribution in [0.15, 0.2) is 36.4 Å². The van der Waals surface area contributed by atoms with Gasteiger partial charge in [-0.1, -0.05) is 38.1 Å². The maximum atomic E-state index is 11.4. The SMILES string of the molecule is Cc1c(OCc2ccc(CC(C)C)cc2)ccc(C(N)=O)c1C. The highest BCUT2D eigenvalue weighted by Gasteiger charge is 2.11. The maximum absolute atomic E-state index is 11.4. The largest absolute Gasteiger partial charge is 0.489 e. The topological polar surface area (TPSA) is 52.3 Å². The van der Waals surface area contributed by atoms with Crippen LogP contribution in [0.25, 0.3) is 0 Å². The molecule has 1 amide bonds. The molecule has 0 aliphatic carbocycles. The molecule has 2 aromatic carbocycles. The summed E-state index contributed by atoms with van der Waals surface area (Å²) >= 11 is 0. The van der Waals surface area contributed by atoms with Gasteiger partial charge >= 0.3 is 0 Å². The molecule has 0 saturated heterocycles. The average molecular weight is 311 g/mol. The Kier molecular flexibility index (Phi) is 5.43. The summed E-state index contributed by atoms with van der Waals surface area (Å²) < 4.78 is 5.91. The first-order valence-electron chi connectivity index (χ1n) is 7.99. The van der Waals surface area contributed by atoms with Gasteiger partial charge in [0.05, 0.1) is 0 Å². The van der Waals surface area contributed by atoms with E-state index in [1.165, 1.54) is 5.56 Å². The Labute approximate surface area is 138 Å². The van der Waals surface area contributed by atoms with E-state index in [2.05, 4.69) is 38.1 Å². The van der Waals surface area contributed by atoms with Crippen molar-refractivity contribution in [1.29, 1.82) is 0 Å². The fraction of sp³-hybridized carbons (Fsp3) is 0.350. The number of ether oxygens (including phenoxy) is 1. The van der Waals surface area contributed by atoms with Crippen LogP contribution in [0.2, 0.25) is 0 Å². The van der Waals surface area contributed by atoms with Gasteiger partial charge in [0.1, 0.15) is 12.4 Å². The molecule has 0 bridgehead atoms. The number of amides is 1. The predicted octanol–water partition coefficient (Wildman–Crippen LogP) is 4.18. The number of benzene rings is 2. The van der Waals surface area contributed by atoms with Gasteiger partial charge in [-0.25, -0.2) is 0 Å². The van der Waals surface area contributed by atoms with Gasteiger partial charge in [0, 0.05) is 5.56 Å². The van der Waals surface area contributed by atoms with E-state index in [0.29, 0.717) is 18.1 Å². The summed E-state index contributed by atoms with van der Waals surface area (Å²) in [7, 11) is 0. The van der Waals surface area contributed by atoms with Crippen LogP contribution in [0, 0.1) is 19.8 Å². The van der Waals surface area contributed by atoms with Crippen molar-refractivity contribution in [3.05, 3.63) is 64.2 Å². The van der Waals surface area contributed by atoms with Gasteiger partial charge in [0.15, 0.2) is 0 Å². The van der Waals surface area contributed by atoms with Crippen LogP contribution in [0.4, 0.5) is 0 Å². The minimum atomic E-state index is -0.405. The number of hydrogen-bond donors (Lipinski definition) is 1. The van der Waals surface area contributed by atoms with Crippen molar-refractivity contribution >= 4 is 5.91 Å². The average Bonchev–Trinajstić information content (AvgIpc) is 2.49. The molecule has 122 valence electrons. The fourth-order valence-electron chi connectivity index (χ4n) is 2.62. The normalized spacial score (nSPS) is 10.8. The third-order valence-corrected chi connectivity index (χ3v) is 4.06. The molecule has 2 N–H and O–H groups in total. The summed E-state index contributed by atoms with van der Waals surface area (Å²) in [6, 6.07) is 12.1. The first-order valence-corrected chi connectivity index (χ1v) is 7.99. The number of nitrogens with two attached hydrogens (primary N) is 1. The van der Waals surface area contributed by atoms with Crippen molar-refractivity contribution in [1.82, 2.24) is 0 Å². The van der Waals surface area contributed by atoms with Crippen LogP contribution < -0.4 is 10.5 Å². The Morgan fingerprint density at radius 3 is 2.17 bits per heavy atom. The van der Waals surface area contributed by atoms with E-state index in [-0.39, 0.29) is 0 Å². The number of primary amides is 1. The van der Waals surface area contributed by atoms with Crippen LogP contribution in [-0.2, 0) is 13.0 Å². The summed E-state index contributed by atoms with van der Waals surface area (Å²) in [6.45, 7) is 8.79. The van der Waals surface area contributed by atoms with E-state index in [0.717, 1.165) is 28.9 Å². The molecule has 0 aliphatic rings. The van der Waals surface area contributed by atoms with Gasteiger partial charge in [0.2, 0.25) is 5.91 Å². The lowest BCUT2D eigenvalue weighted by atomic mass is 10.0. The van der Waals surface area contributed by atoms with Crippen molar-refractivity contribution in [2.45, 2.75) is 40.7 Å². The molecule has 0 fully saturated rings. The zero-order chi connectivity index (χ0) is 17.0. The highest BCUT2D eigenvalue weighted by Crippen LogP contribution is 2.25. The van der Waals surface area contributed by atoms with Crippen LogP contribution >= 0.6 is 0 Å². The quantitative estimate of drug-likeness (QED) is 0.870. The van der Waals surface area contributed by atoms with Crippen molar-refractivity contribution in [3.8, 4) is 5.75 Å². The van der Waals surface area contributed by atoms with E-state index < -0.39 is 5.91 Å². The minimum absolute atomic E-state index is 0.405. The van der Waals surface area contributed by atoms with Gasteiger partial charge in [0.25, 0.3) is 0 Å². The molecule has 0 aromatic heterocycles. The lowest BCUT2D eigenvalue weighted by Crippen LogP contribution is -2.13. The fourth-order valence-corrected chi connectivity index (χ4v) is 2.62. The smallest absolute Gasteiger partial charge is 0.248 e. The number of carbonyl (C=O) groups excluding carboxylic acids is 1. The first-order chi connectivity index (χ1) is 10.9. The predicted molar refractivity (Wildman–Crippen MR) is 93.7 cm³/mol. The Bertz CT molecular complexity index is 688. The number of rotatable bonds is 6. The molecule has 0 unspecified atom stereocenters. The Balaban J connectivity index is 2.06. The zero-order valence-corrected chi connectivity index (χ0v) is 14.3. The second-order valence-corrected chi connectivity index (χ2v) is 6.43. The Hall–Kier alpha value is -2.29. The summed E-state index contributed by atoms with van der Waals surface area (Å²) in [5.74, 6) is 1.04. The van der Waals surface area contributed by atoms with Gasteiger partial charge in [-0.2, -0.15) is 0 Å². The van der Waals surface area contributed by atoms with Crippen molar-refractivity contribution in [2.75, 3.05) is 0 Å². The lowest BCUT2D eigenvalue weighted by molar-refractivity contribution is 0.0999. The first kappa shape index (κ1) is 17.1. The molecule has 2 aromatic rings. The second-order valence-electron chi connectivity index (χ2n) is 6.43. The van der Waals surface area contributed by atoms with E-state index in [1.807, 2.05) is 19.9 Å². The second kappa shape index (κ2) is 7.32. The van der Waals surface area contributed by atoms with Gasteiger partial charge in [-0.15, -0.1) is 0 Å². The monoisotopic (exact) mass is 311 g/mol. The maximum Gasteiger partial charge on any atom is 0.248 e. The minimum Gasteiger partial charge on any atom is -0.489 e. The van der Waals surface area contributed by atoms with Crippen LogP contribution in [0.3, 0.4) is 0 Å². The standard InChI is InChI=1S/C20H25NO2/c1-13(2)11-16-5-7-17(8-6-16)12-23-19-10-9-18(20(21)22)14(3)15(19)4/h5-10,13H,11-12H2,1-4H3,(H2,21,22). The highest BCUT2D eigenvalue weighted by atomic mass is 16.5. The number of hydrogen-bond acceptors (Lipinski definition) is 2. The molecule has 0 spiro atoms. The zero-order valence-electron chi connectivity index (χ0n) is 14.3. The molecule has 2 rings (SSSR count). The molecule has 0 atom stereocenters. The summed E-state index contributed by atoms with van der Waals surface area (Å²) in [5.41, 5.74) is 10.2. The third-order valence-electron chi connectivity index (χ3n) is 4.06. The third kappa shape index (κ3) is 4.35. The molecule has 0 radical (unpaired) electrons. The van der Waals surface area contributed by atoms with Gasteiger partial charge < -0.3 is 10.5 Å². The van der Waals surface area contributed by atoms with Crippen LogP contribution in [0.5, 0.6) is 5.75 Å². The van der Waals surface area contributed by atoms with E-state index >= 15 is 0 Å². The molecule has 3 nitrogen and oxygen atoms in total. The molecular formula is C20H25NO2. The van der Waals surface area contributed by atoms with Gasteiger partial charge in [-0.05, 0) is 60.6 Å². The highest BCUT2D eigenvalue weighted by molar-refractivity contribution is 5.94. The van der Waals surface area contributed by atoms with Crippen LogP contribution in [-0.4, -0.2) is 5.91 Å². The van der Waals surface area contributed by atoms with Gasteiger partial charge in [-0.3, -0.25) is 4.79 Å². The summed E-state index contributed by atoms with van der Waals surface area (Å²) in [5, 5.41) is 0. The molecule has 3 heteroatoms. The number of carbonyl (C=O) groups is 1. The Morgan fingerprint density at radius 1 is 1.00 bits per heavy atom. The molecule has 0 heterocycles. The van der Waals surface area contributed by atoms with Crippen molar-refractivity contribution in [3.63, 3.8) is 0 Å². The molecular weight excluding hydrogens is 286 g/mol. The van der Waals surface area contributed by atoms with E-state index in [1.54, 1.807) is 6.07 Å². The Morgan fingerprint density at radius 2 is 1.61 bits per heavy atom. The van der Waals surface area contributed by atoms with Crippen molar-refractivity contribution in [2.24, 2.45) is 11.7 Å². The summed E-state index contributed by atoms with van der Waals surface area (Å²) in [4.78, 5) is 11.4. The molecule has 0 saturated carbocycles. The molecule has 23 heavy (non-hydrogen) atoms. The van der Waals surface area contributed by atoms with Crippen molar-refractivity contribution < 1.29 is 9.53 Å².